The molecule has 0 aliphatic heterocycles. The summed E-state index contributed by atoms with van der Waals surface area (Å²) in [5, 5.41) is 7.21. The van der Waals surface area contributed by atoms with Crippen LogP contribution in [0.2, 0.25) is 0 Å². The standard InChI is InChI=1S/C25H27BrF3N5O2.ClH/c1-34(2)22-18-5-3-4-6-20(18)32-24(33-22)31-17-10-7-15(8-11-17)14-30-23(35)19-13-16(26)9-12-21(19)36-25(27,28)29;/h3-6,9,12-13,15,17H,7-8,10-11,14H2,1-2H3,(H,30,35)(H,31,32,33);1H. The molecule has 0 radical (unpaired) electrons. The fourth-order valence-electron chi connectivity index (χ4n) is 4.38. The lowest BCUT2D eigenvalue weighted by Crippen LogP contribution is -2.34. The van der Waals surface area contributed by atoms with Crippen molar-refractivity contribution in [2.45, 2.75) is 38.1 Å². The van der Waals surface area contributed by atoms with Crippen LogP contribution >= 0.6 is 28.3 Å². The van der Waals surface area contributed by atoms with Crippen molar-refractivity contribution < 1.29 is 22.7 Å². The average Bonchev–Trinajstić information content (AvgIpc) is 2.83. The summed E-state index contributed by atoms with van der Waals surface area (Å²) in [6, 6.07) is 11.9. The number of benzene rings is 2. The molecule has 0 spiro atoms. The van der Waals surface area contributed by atoms with Crippen molar-refractivity contribution in [2.24, 2.45) is 5.92 Å². The number of aromatic nitrogens is 2. The molecule has 0 unspecified atom stereocenters. The van der Waals surface area contributed by atoms with Gasteiger partial charge in [-0.3, -0.25) is 4.79 Å². The quantitative estimate of drug-likeness (QED) is 0.336. The monoisotopic (exact) mass is 601 g/mol. The zero-order valence-electron chi connectivity index (χ0n) is 20.3. The third kappa shape index (κ3) is 7.61. The van der Waals surface area contributed by atoms with E-state index in [-0.39, 0.29) is 29.9 Å². The molecule has 2 N–H and O–H groups in total. The van der Waals surface area contributed by atoms with Crippen molar-refractivity contribution in [1.82, 2.24) is 15.3 Å². The van der Waals surface area contributed by atoms with E-state index in [0.717, 1.165) is 48.5 Å². The van der Waals surface area contributed by atoms with Crippen molar-refractivity contribution in [3.63, 3.8) is 0 Å². The Balaban J connectivity index is 0.00000380. The highest BCUT2D eigenvalue weighted by atomic mass is 79.9. The smallest absolute Gasteiger partial charge is 0.405 e. The second-order valence-corrected chi connectivity index (χ2v) is 9.96. The molecule has 12 heteroatoms. The van der Waals surface area contributed by atoms with Crippen LogP contribution < -0.4 is 20.3 Å². The van der Waals surface area contributed by atoms with E-state index in [1.165, 1.54) is 12.1 Å². The van der Waals surface area contributed by atoms with Gasteiger partial charge in [0, 0.05) is 36.5 Å². The van der Waals surface area contributed by atoms with Crippen LogP contribution in [0.25, 0.3) is 10.9 Å². The molecule has 1 aromatic heterocycles. The molecule has 2 aromatic carbocycles. The van der Waals surface area contributed by atoms with Crippen LogP contribution in [0.1, 0.15) is 36.0 Å². The maximum atomic E-state index is 12.7. The van der Waals surface area contributed by atoms with Crippen molar-refractivity contribution in [1.29, 1.82) is 0 Å². The summed E-state index contributed by atoms with van der Waals surface area (Å²) in [6.07, 6.45) is -1.43. The van der Waals surface area contributed by atoms with Gasteiger partial charge >= 0.3 is 6.36 Å². The Kier molecular flexibility index (Phi) is 9.46. The second-order valence-electron chi connectivity index (χ2n) is 9.04. The highest BCUT2D eigenvalue weighted by Crippen LogP contribution is 2.30. The van der Waals surface area contributed by atoms with Gasteiger partial charge in [-0.05, 0) is 61.9 Å². The van der Waals surface area contributed by atoms with E-state index < -0.39 is 18.0 Å². The fraction of sp³-hybridized carbons (Fsp3) is 0.400. The van der Waals surface area contributed by atoms with Gasteiger partial charge in [-0.15, -0.1) is 25.6 Å². The Labute approximate surface area is 227 Å². The lowest BCUT2D eigenvalue weighted by atomic mass is 9.86. The summed E-state index contributed by atoms with van der Waals surface area (Å²) >= 11 is 3.19. The molecule has 37 heavy (non-hydrogen) atoms. The lowest BCUT2D eigenvalue weighted by molar-refractivity contribution is -0.274. The molecule has 0 saturated heterocycles. The number of amides is 1. The Hall–Kier alpha value is -2.79. The number of alkyl halides is 3. The summed E-state index contributed by atoms with van der Waals surface area (Å²) in [4.78, 5) is 24.0. The van der Waals surface area contributed by atoms with Crippen LogP contribution in [0.4, 0.5) is 24.9 Å². The number of fused-ring (bicyclic) bond motifs is 1. The molecule has 3 aromatic rings. The van der Waals surface area contributed by atoms with Crippen molar-refractivity contribution in [3.8, 4) is 5.75 Å². The van der Waals surface area contributed by atoms with Gasteiger partial charge in [-0.2, -0.15) is 4.98 Å². The molecule has 1 fully saturated rings. The van der Waals surface area contributed by atoms with Gasteiger partial charge in [0.1, 0.15) is 11.6 Å². The first-order chi connectivity index (χ1) is 17.1. The van der Waals surface area contributed by atoms with Crippen LogP contribution in [0, 0.1) is 5.92 Å². The first kappa shape index (κ1) is 28.8. The zero-order chi connectivity index (χ0) is 25.9. The topological polar surface area (TPSA) is 79.4 Å². The summed E-state index contributed by atoms with van der Waals surface area (Å²) in [5.41, 5.74) is 0.707. The van der Waals surface area contributed by atoms with E-state index >= 15 is 0 Å². The zero-order valence-corrected chi connectivity index (χ0v) is 22.7. The highest BCUT2D eigenvalue weighted by Gasteiger charge is 2.33. The van der Waals surface area contributed by atoms with Crippen molar-refractivity contribution >= 4 is 56.9 Å². The van der Waals surface area contributed by atoms with E-state index in [4.69, 9.17) is 4.98 Å². The summed E-state index contributed by atoms with van der Waals surface area (Å²) < 4.78 is 42.6. The highest BCUT2D eigenvalue weighted by molar-refractivity contribution is 9.10. The summed E-state index contributed by atoms with van der Waals surface area (Å²) in [6.45, 7) is 0.376. The third-order valence-corrected chi connectivity index (χ3v) is 6.64. The van der Waals surface area contributed by atoms with Gasteiger partial charge in [0.25, 0.3) is 5.91 Å². The van der Waals surface area contributed by atoms with E-state index in [0.29, 0.717) is 17.0 Å². The molecule has 200 valence electrons. The van der Waals surface area contributed by atoms with E-state index in [9.17, 15) is 18.0 Å². The average molecular weight is 603 g/mol. The second kappa shape index (κ2) is 12.2. The Morgan fingerprint density at radius 2 is 1.81 bits per heavy atom. The third-order valence-electron chi connectivity index (χ3n) is 6.15. The van der Waals surface area contributed by atoms with Crippen LogP contribution in [-0.2, 0) is 0 Å². The minimum absolute atomic E-state index is 0. The van der Waals surface area contributed by atoms with Crippen LogP contribution in [0.3, 0.4) is 0 Å². The number of rotatable bonds is 7. The number of halogens is 5. The first-order valence-electron chi connectivity index (χ1n) is 11.6. The number of anilines is 2. The van der Waals surface area contributed by atoms with Crippen molar-refractivity contribution in [3.05, 3.63) is 52.5 Å². The lowest BCUT2D eigenvalue weighted by Gasteiger charge is -2.29. The number of carbonyl (C=O) groups excluding carboxylic acids is 1. The number of para-hydroxylation sites is 1. The normalized spacial score (nSPS) is 17.6. The molecule has 7 nitrogen and oxygen atoms in total. The molecule has 1 amide bonds. The largest absolute Gasteiger partial charge is 0.573 e. The van der Waals surface area contributed by atoms with Gasteiger partial charge in [-0.25, -0.2) is 4.98 Å². The first-order valence-corrected chi connectivity index (χ1v) is 12.4. The van der Waals surface area contributed by atoms with Crippen LogP contribution in [-0.4, -0.2) is 48.9 Å². The van der Waals surface area contributed by atoms with Gasteiger partial charge < -0.3 is 20.3 Å². The Bertz CT molecular complexity index is 1240. The summed E-state index contributed by atoms with van der Waals surface area (Å²) in [7, 11) is 3.90. The van der Waals surface area contributed by atoms with Crippen LogP contribution in [0.5, 0.6) is 5.75 Å². The number of nitrogens with one attached hydrogen (secondary N) is 2. The SMILES string of the molecule is CN(C)c1nc(NC2CCC(CNC(=O)c3cc(Br)ccc3OC(F)(F)F)CC2)nc2ccccc12.Cl. The number of hydrogen-bond acceptors (Lipinski definition) is 6. The molecular weight excluding hydrogens is 575 g/mol. The molecule has 1 saturated carbocycles. The molecule has 0 atom stereocenters. The maximum Gasteiger partial charge on any atom is 0.573 e. The van der Waals surface area contributed by atoms with Crippen molar-refractivity contribution in [2.75, 3.05) is 30.9 Å². The number of hydrogen-bond donors (Lipinski definition) is 2. The molecular formula is C25H28BrClF3N5O2. The molecule has 4 rings (SSSR count). The van der Waals surface area contributed by atoms with Gasteiger partial charge in [0.15, 0.2) is 0 Å². The van der Waals surface area contributed by atoms with Gasteiger partial charge in [0.05, 0.1) is 11.1 Å². The maximum absolute atomic E-state index is 12.7. The number of carbonyl (C=O) groups is 1. The Morgan fingerprint density at radius 3 is 2.49 bits per heavy atom. The summed E-state index contributed by atoms with van der Waals surface area (Å²) in [5.74, 6) is 0.531. The molecule has 1 heterocycles. The minimum Gasteiger partial charge on any atom is -0.405 e. The predicted molar refractivity (Wildman–Crippen MR) is 144 cm³/mol. The molecule has 1 aliphatic carbocycles. The predicted octanol–water partition coefficient (Wildman–Crippen LogP) is 6.18. The minimum atomic E-state index is -4.88. The van der Waals surface area contributed by atoms with E-state index in [1.807, 2.05) is 43.3 Å². The van der Waals surface area contributed by atoms with E-state index in [2.05, 4.69) is 36.3 Å². The number of nitrogens with zero attached hydrogens (tertiary/aromatic N) is 3. The van der Waals surface area contributed by atoms with E-state index in [1.54, 1.807) is 0 Å². The molecule has 0 bridgehead atoms. The number of ether oxygens (including phenoxy) is 1. The Morgan fingerprint density at radius 1 is 1.11 bits per heavy atom. The van der Waals surface area contributed by atoms with Gasteiger partial charge in [-0.1, -0.05) is 28.1 Å². The van der Waals surface area contributed by atoms with Crippen LogP contribution in [0.15, 0.2) is 46.9 Å². The van der Waals surface area contributed by atoms with Gasteiger partial charge in [0.2, 0.25) is 5.95 Å². The fourth-order valence-corrected chi connectivity index (χ4v) is 4.75. The molecule has 1 aliphatic rings.